The third kappa shape index (κ3) is 4.70. The van der Waals surface area contributed by atoms with Crippen molar-refractivity contribution in [2.45, 2.75) is 32.1 Å². The number of nitro groups is 1. The second kappa shape index (κ2) is 7.56. The van der Waals surface area contributed by atoms with Gasteiger partial charge in [0.05, 0.1) is 0 Å². The van der Waals surface area contributed by atoms with E-state index in [1.807, 2.05) is 0 Å². The molecule has 7 nitrogen and oxygen atoms in total. The summed E-state index contributed by atoms with van der Waals surface area (Å²) in [7, 11) is 0. The zero-order valence-electron chi connectivity index (χ0n) is 11.8. The summed E-state index contributed by atoms with van der Waals surface area (Å²) in [4.78, 5) is 25.5. The summed E-state index contributed by atoms with van der Waals surface area (Å²) >= 11 is 0. The Morgan fingerprint density at radius 2 is 2.19 bits per heavy atom. The molecular weight excluding hydrogens is 274 g/mol. The Hall–Kier alpha value is -2.18. The number of carbonyl (C=O) groups is 1. The van der Waals surface area contributed by atoms with Crippen molar-refractivity contribution in [1.82, 2.24) is 10.3 Å². The zero-order valence-corrected chi connectivity index (χ0v) is 11.8. The number of nitrogens with zero attached hydrogens (tertiary/aromatic N) is 2. The maximum Gasteiger partial charge on any atom is 0.406 e. The minimum Gasteiger partial charge on any atom is -0.476 e. The van der Waals surface area contributed by atoms with Crippen molar-refractivity contribution in [3.63, 3.8) is 0 Å². The molecule has 1 N–H and O–H groups in total. The first kappa shape index (κ1) is 15.2. The highest BCUT2D eigenvalue weighted by Gasteiger charge is 2.17. The summed E-state index contributed by atoms with van der Waals surface area (Å²) in [5.74, 6) is -0.0953. The lowest BCUT2D eigenvalue weighted by Crippen LogP contribution is -2.33. The third-order valence-electron chi connectivity index (χ3n) is 3.60. The van der Waals surface area contributed by atoms with Gasteiger partial charge in [0.2, 0.25) is 5.75 Å². The highest BCUT2D eigenvalue weighted by Crippen LogP contribution is 2.23. The molecule has 7 heteroatoms. The monoisotopic (exact) mass is 293 g/mol. The number of ether oxygens (including phenoxy) is 1. The summed E-state index contributed by atoms with van der Waals surface area (Å²) < 4.78 is 5.18. The molecule has 0 saturated heterocycles. The van der Waals surface area contributed by atoms with Crippen LogP contribution in [0.25, 0.3) is 0 Å². The van der Waals surface area contributed by atoms with Gasteiger partial charge in [-0.2, -0.15) is 0 Å². The molecule has 0 unspecified atom stereocenters. The standard InChI is InChI=1S/C14H19N3O4/c18-13(16-9-11-5-2-1-3-6-11)10-21-12-7-4-8-15-14(12)17(19)20/h4,7-8,11H,1-3,5-6,9-10H2,(H,16,18). The van der Waals surface area contributed by atoms with Crippen LogP contribution in [0, 0.1) is 16.0 Å². The quantitative estimate of drug-likeness (QED) is 0.640. The van der Waals surface area contributed by atoms with Gasteiger partial charge in [-0.25, -0.2) is 0 Å². The van der Waals surface area contributed by atoms with Crippen LogP contribution >= 0.6 is 0 Å². The molecule has 1 saturated carbocycles. The number of nitrogens with one attached hydrogen (secondary N) is 1. The predicted molar refractivity (Wildman–Crippen MR) is 76.0 cm³/mol. The van der Waals surface area contributed by atoms with Gasteiger partial charge in [-0.3, -0.25) is 4.79 Å². The maximum atomic E-state index is 11.7. The van der Waals surface area contributed by atoms with Gasteiger partial charge in [0.1, 0.15) is 6.20 Å². The van der Waals surface area contributed by atoms with E-state index in [0.29, 0.717) is 12.5 Å². The molecule has 1 aromatic rings. The lowest BCUT2D eigenvalue weighted by atomic mass is 9.89. The molecular formula is C14H19N3O4. The van der Waals surface area contributed by atoms with E-state index in [2.05, 4.69) is 10.3 Å². The second-order valence-corrected chi connectivity index (χ2v) is 5.18. The van der Waals surface area contributed by atoms with Crippen LogP contribution in [-0.2, 0) is 4.79 Å². The first-order valence-corrected chi connectivity index (χ1v) is 7.15. The Morgan fingerprint density at radius 1 is 1.43 bits per heavy atom. The molecule has 0 atom stereocenters. The Balaban J connectivity index is 1.77. The normalized spacial score (nSPS) is 15.4. The van der Waals surface area contributed by atoms with Gasteiger partial charge >= 0.3 is 5.82 Å². The Bertz CT molecular complexity index is 501. The largest absolute Gasteiger partial charge is 0.476 e. The van der Waals surface area contributed by atoms with Crippen molar-refractivity contribution in [3.05, 3.63) is 28.4 Å². The molecule has 0 spiro atoms. The van der Waals surface area contributed by atoms with Gasteiger partial charge in [-0.15, -0.1) is 0 Å². The van der Waals surface area contributed by atoms with E-state index >= 15 is 0 Å². The molecule has 0 radical (unpaired) electrons. The summed E-state index contributed by atoms with van der Waals surface area (Å²) in [6.07, 6.45) is 7.33. The number of rotatable bonds is 6. The molecule has 1 amide bonds. The molecule has 2 rings (SSSR count). The Morgan fingerprint density at radius 3 is 2.90 bits per heavy atom. The lowest BCUT2D eigenvalue weighted by molar-refractivity contribution is -0.390. The van der Waals surface area contributed by atoms with Crippen LogP contribution in [0.4, 0.5) is 5.82 Å². The number of hydrogen-bond donors (Lipinski definition) is 1. The van der Waals surface area contributed by atoms with Gasteiger partial charge < -0.3 is 20.2 Å². The zero-order chi connectivity index (χ0) is 15.1. The topological polar surface area (TPSA) is 94.4 Å². The van der Waals surface area contributed by atoms with Crippen molar-refractivity contribution < 1.29 is 14.5 Å². The average molecular weight is 293 g/mol. The molecule has 114 valence electrons. The smallest absolute Gasteiger partial charge is 0.406 e. The molecule has 1 aromatic heterocycles. The predicted octanol–water partition coefficient (Wildman–Crippen LogP) is 2.07. The van der Waals surface area contributed by atoms with E-state index in [1.165, 1.54) is 37.6 Å². The van der Waals surface area contributed by atoms with Gasteiger partial charge in [-0.1, -0.05) is 19.3 Å². The summed E-state index contributed by atoms with van der Waals surface area (Å²) in [5, 5.41) is 13.6. The molecule has 1 aliphatic rings. The SMILES string of the molecule is O=C(COc1cccnc1[N+](=O)[O-])NCC1CCCCC1. The second-order valence-electron chi connectivity index (χ2n) is 5.18. The van der Waals surface area contributed by atoms with Crippen LogP contribution < -0.4 is 10.1 Å². The fourth-order valence-electron chi connectivity index (χ4n) is 2.48. The third-order valence-corrected chi connectivity index (χ3v) is 3.60. The van der Waals surface area contributed by atoms with Crippen LogP contribution in [0.5, 0.6) is 5.75 Å². The Labute approximate surface area is 122 Å². The van der Waals surface area contributed by atoms with Crippen LogP contribution in [0.1, 0.15) is 32.1 Å². The number of pyridine rings is 1. The maximum absolute atomic E-state index is 11.7. The van der Waals surface area contributed by atoms with Gasteiger partial charge in [-0.05, 0) is 40.8 Å². The molecule has 0 aromatic carbocycles. The molecule has 21 heavy (non-hydrogen) atoms. The van der Waals surface area contributed by atoms with Gasteiger partial charge in [0.25, 0.3) is 5.91 Å². The number of carbonyl (C=O) groups excluding carboxylic acids is 1. The van der Waals surface area contributed by atoms with Crippen LogP contribution in [0.2, 0.25) is 0 Å². The van der Waals surface area contributed by atoms with E-state index < -0.39 is 4.92 Å². The van der Waals surface area contributed by atoms with Gasteiger partial charge in [0.15, 0.2) is 6.61 Å². The van der Waals surface area contributed by atoms with E-state index in [4.69, 9.17) is 4.74 Å². The minimum atomic E-state index is -0.630. The molecule has 1 aliphatic carbocycles. The molecule has 1 heterocycles. The summed E-state index contributed by atoms with van der Waals surface area (Å²) in [6, 6.07) is 2.96. The molecule has 1 fully saturated rings. The first-order valence-electron chi connectivity index (χ1n) is 7.15. The van der Waals surface area contributed by atoms with E-state index in [-0.39, 0.29) is 24.1 Å². The van der Waals surface area contributed by atoms with Crippen molar-refractivity contribution in [1.29, 1.82) is 0 Å². The van der Waals surface area contributed by atoms with Crippen molar-refractivity contribution in [2.75, 3.05) is 13.2 Å². The average Bonchev–Trinajstić information content (AvgIpc) is 2.52. The summed E-state index contributed by atoms with van der Waals surface area (Å²) in [5.41, 5.74) is 0. The van der Waals surface area contributed by atoms with Crippen molar-refractivity contribution >= 4 is 11.7 Å². The number of hydrogen-bond acceptors (Lipinski definition) is 5. The highest BCUT2D eigenvalue weighted by atomic mass is 16.6. The Kier molecular flexibility index (Phi) is 5.48. The highest BCUT2D eigenvalue weighted by molar-refractivity contribution is 5.77. The fraction of sp³-hybridized carbons (Fsp3) is 0.571. The molecule has 0 bridgehead atoms. The number of amides is 1. The van der Waals surface area contributed by atoms with Crippen LogP contribution in [0.3, 0.4) is 0 Å². The van der Waals surface area contributed by atoms with Crippen molar-refractivity contribution in [2.24, 2.45) is 5.92 Å². The number of aromatic nitrogens is 1. The van der Waals surface area contributed by atoms with E-state index in [0.717, 1.165) is 12.8 Å². The van der Waals surface area contributed by atoms with Crippen LogP contribution in [0.15, 0.2) is 18.3 Å². The lowest BCUT2D eigenvalue weighted by Gasteiger charge is -2.21. The first-order chi connectivity index (χ1) is 10.2. The summed E-state index contributed by atoms with van der Waals surface area (Å²) in [6.45, 7) is 0.413. The van der Waals surface area contributed by atoms with Gasteiger partial charge in [0, 0.05) is 6.54 Å². The van der Waals surface area contributed by atoms with E-state index in [1.54, 1.807) is 0 Å². The molecule has 0 aliphatic heterocycles. The van der Waals surface area contributed by atoms with E-state index in [9.17, 15) is 14.9 Å². The van der Waals surface area contributed by atoms with Crippen LogP contribution in [-0.4, -0.2) is 29.0 Å². The van der Waals surface area contributed by atoms with Crippen molar-refractivity contribution in [3.8, 4) is 5.75 Å². The minimum absolute atomic E-state index is 0.00955. The fourth-order valence-corrected chi connectivity index (χ4v) is 2.48.